The van der Waals surface area contributed by atoms with Crippen molar-refractivity contribution in [3.05, 3.63) is 81.6 Å². The van der Waals surface area contributed by atoms with E-state index in [-0.39, 0.29) is 23.4 Å². The summed E-state index contributed by atoms with van der Waals surface area (Å²) in [5, 5.41) is 0.963. The van der Waals surface area contributed by atoms with E-state index in [0.717, 1.165) is 10.9 Å². The van der Waals surface area contributed by atoms with Crippen LogP contribution in [0.25, 0.3) is 10.9 Å². The molecule has 4 nitrogen and oxygen atoms in total. The van der Waals surface area contributed by atoms with Crippen molar-refractivity contribution in [3.8, 4) is 0 Å². The summed E-state index contributed by atoms with van der Waals surface area (Å²) < 4.78 is 0. The number of pyridine rings is 1. The van der Waals surface area contributed by atoms with Gasteiger partial charge in [-0.05, 0) is 47.6 Å². The van der Waals surface area contributed by atoms with Crippen LogP contribution in [0.3, 0.4) is 0 Å². The van der Waals surface area contributed by atoms with E-state index < -0.39 is 0 Å². The first-order valence-corrected chi connectivity index (χ1v) is 9.30. The zero-order chi connectivity index (χ0) is 19.6. The molecule has 0 spiro atoms. The summed E-state index contributed by atoms with van der Waals surface area (Å²) in [6.07, 6.45) is 0. The lowest BCUT2D eigenvalue weighted by atomic mass is 9.86. The van der Waals surface area contributed by atoms with Gasteiger partial charge in [-0.2, -0.15) is 0 Å². The number of benzene rings is 2. The maximum absolute atomic E-state index is 12.9. The second-order valence-electron chi connectivity index (χ2n) is 7.86. The molecule has 0 unspecified atom stereocenters. The average molecular weight is 362 g/mol. The molecule has 0 fully saturated rings. The molecular weight excluding hydrogens is 336 g/mol. The first kappa shape index (κ1) is 18.9. The molecule has 0 aliphatic heterocycles. The van der Waals surface area contributed by atoms with Crippen LogP contribution in [0.1, 0.15) is 49.2 Å². The number of carbonyl (C=O) groups excluding carboxylic acids is 1. The van der Waals surface area contributed by atoms with Gasteiger partial charge in [0, 0.05) is 23.2 Å². The molecule has 3 rings (SSSR count). The fourth-order valence-electron chi connectivity index (χ4n) is 3.14. The second-order valence-corrected chi connectivity index (χ2v) is 7.86. The Morgan fingerprint density at radius 3 is 2.33 bits per heavy atom. The van der Waals surface area contributed by atoms with E-state index in [9.17, 15) is 9.59 Å². The van der Waals surface area contributed by atoms with Gasteiger partial charge in [-0.1, -0.05) is 51.1 Å². The maximum atomic E-state index is 12.9. The highest BCUT2D eigenvalue weighted by Gasteiger charge is 2.18. The highest BCUT2D eigenvalue weighted by molar-refractivity contribution is 5.94. The lowest BCUT2D eigenvalue weighted by Gasteiger charge is -2.22. The average Bonchev–Trinajstić information content (AvgIpc) is 2.65. The molecule has 0 aliphatic carbocycles. The van der Waals surface area contributed by atoms with Crippen molar-refractivity contribution in [1.82, 2.24) is 9.88 Å². The van der Waals surface area contributed by atoms with Gasteiger partial charge in [-0.25, -0.2) is 0 Å². The minimum absolute atomic E-state index is 0.0460. The number of fused-ring (bicyclic) bond motifs is 1. The van der Waals surface area contributed by atoms with Crippen molar-refractivity contribution in [2.75, 3.05) is 6.54 Å². The summed E-state index contributed by atoms with van der Waals surface area (Å²) in [6.45, 7) is 9.19. The number of H-pyrrole nitrogens is 1. The smallest absolute Gasteiger partial charge is 0.254 e. The van der Waals surface area contributed by atoms with Crippen molar-refractivity contribution >= 4 is 16.8 Å². The first-order valence-electron chi connectivity index (χ1n) is 9.30. The highest BCUT2D eigenvalue weighted by Crippen LogP contribution is 2.22. The van der Waals surface area contributed by atoms with Gasteiger partial charge < -0.3 is 9.88 Å². The van der Waals surface area contributed by atoms with Crippen LogP contribution in [0.2, 0.25) is 0 Å². The molecule has 4 heteroatoms. The van der Waals surface area contributed by atoms with Crippen LogP contribution in [-0.4, -0.2) is 22.3 Å². The van der Waals surface area contributed by atoms with Crippen LogP contribution in [0.4, 0.5) is 0 Å². The lowest BCUT2D eigenvalue weighted by molar-refractivity contribution is 0.0752. The fraction of sp³-hybridized carbons (Fsp3) is 0.304. The Bertz CT molecular complexity index is 1010. The van der Waals surface area contributed by atoms with E-state index >= 15 is 0 Å². The van der Waals surface area contributed by atoms with Gasteiger partial charge >= 0.3 is 0 Å². The normalized spacial score (nSPS) is 11.6. The number of aromatic amines is 1. The summed E-state index contributed by atoms with van der Waals surface area (Å²) in [7, 11) is 0. The summed E-state index contributed by atoms with van der Waals surface area (Å²) >= 11 is 0. The van der Waals surface area contributed by atoms with Crippen LogP contribution in [0, 0.1) is 0 Å². The van der Waals surface area contributed by atoms with E-state index in [1.807, 2.05) is 61.5 Å². The second kappa shape index (κ2) is 7.39. The van der Waals surface area contributed by atoms with Crippen molar-refractivity contribution in [2.45, 2.75) is 39.7 Å². The first-order chi connectivity index (χ1) is 12.8. The number of rotatable bonds is 4. The quantitative estimate of drug-likeness (QED) is 0.743. The van der Waals surface area contributed by atoms with E-state index in [0.29, 0.717) is 17.7 Å². The van der Waals surface area contributed by atoms with Gasteiger partial charge in [0.15, 0.2) is 0 Å². The zero-order valence-corrected chi connectivity index (χ0v) is 16.4. The Kier molecular flexibility index (Phi) is 5.17. The molecule has 0 bridgehead atoms. The van der Waals surface area contributed by atoms with Crippen LogP contribution in [0.5, 0.6) is 0 Å². The standard InChI is InChI=1S/C23H26N2O2/c1-5-25(22(27)16-10-12-19(13-11-16)23(2,3)4)15-18-14-17-8-6-7-9-20(17)24-21(18)26/h6-14H,5,15H2,1-4H3,(H,24,26). The Morgan fingerprint density at radius 2 is 1.70 bits per heavy atom. The van der Waals surface area contributed by atoms with Crippen LogP contribution >= 0.6 is 0 Å². The Morgan fingerprint density at radius 1 is 1.04 bits per heavy atom. The number of para-hydroxylation sites is 1. The van der Waals surface area contributed by atoms with Crippen molar-refractivity contribution in [2.24, 2.45) is 0 Å². The van der Waals surface area contributed by atoms with Gasteiger partial charge in [0.05, 0.1) is 6.54 Å². The number of hydrogen-bond acceptors (Lipinski definition) is 2. The molecule has 0 aliphatic rings. The van der Waals surface area contributed by atoms with E-state index in [2.05, 4.69) is 25.8 Å². The molecule has 1 aromatic heterocycles. The molecule has 2 aromatic carbocycles. The molecular formula is C23H26N2O2. The molecule has 0 radical (unpaired) electrons. The van der Waals surface area contributed by atoms with Crippen LogP contribution in [0.15, 0.2) is 59.4 Å². The number of aromatic nitrogens is 1. The van der Waals surface area contributed by atoms with Crippen LogP contribution < -0.4 is 5.56 Å². The zero-order valence-electron chi connectivity index (χ0n) is 16.4. The molecule has 140 valence electrons. The van der Waals surface area contributed by atoms with Gasteiger partial charge in [0.25, 0.3) is 11.5 Å². The molecule has 1 amide bonds. The summed E-state index contributed by atoms with van der Waals surface area (Å²) in [6, 6.07) is 17.3. The number of hydrogen-bond donors (Lipinski definition) is 1. The van der Waals surface area contributed by atoms with Gasteiger partial charge in [-0.3, -0.25) is 9.59 Å². The summed E-state index contributed by atoms with van der Waals surface area (Å²) in [5.74, 6) is -0.0643. The molecule has 27 heavy (non-hydrogen) atoms. The minimum Gasteiger partial charge on any atom is -0.334 e. The van der Waals surface area contributed by atoms with Crippen LogP contribution in [-0.2, 0) is 12.0 Å². The van der Waals surface area contributed by atoms with Gasteiger partial charge in [0.2, 0.25) is 0 Å². The summed E-state index contributed by atoms with van der Waals surface area (Å²) in [5.41, 5.74) is 3.12. The third-order valence-corrected chi connectivity index (χ3v) is 4.86. The molecule has 0 saturated heterocycles. The minimum atomic E-state index is -0.150. The Balaban J connectivity index is 1.86. The number of carbonyl (C=O) groups is 1. The predicted molar refractivity (Wildman–Crippen MR) is 110 cm³/mol. The van der Waals surface area contributed by atoms with Crippen molar-refractivity contribution < 1.29 is 4.79 Å². The number of amides is 1. The Labute approximate surface area is 159 Å². The number of nitrogens with one attached hydrogen (secondary N) is 1. The third-order valence-electron chi connectivity index (χ3n) is 4.86. The fourth-order valence-corrected chi connectivity index (χ4v) is 3.14. The topological polar surface area (TPSA) is 53.2 Å². The SMILES string of the molecule is CCN(Cc1cc2ccccc2[nH]c1=O)C(=O)c1ccc(C(C)(C)C)cc1. The molecule has 0 saturated carbocycles. The van der Waals surface area contributed by atoms with E-state index in [4.69, 9.17) is 0 Å². The third kappa shape index (κ3) is 4.11. The van der Waals surface area contributed by atoms with E-state index in [1.165, 1.54) is 5.56 Å². The number of nitrogens with zero attached hydrogens (tertiary/aromatic N) is 1. The van der Waals surface area contributed by atoms with E-state index in [1.54, 1.807) is 4.90 Å². The van der Waals surface area contributed by atoms with Crippen molar-refractivity contribution in [1.29, 1.82) is 0 Å². The molecule has 3 aromatic rings. The Hall–Kier alpha value is -2.88. The predicted octanol–water partition coefficient (Wildman–Crippen LogP) is 4.49. The molecule has 0 atom stereocenters. The van der Waals surface area contributed by atoms with Crippen molar-refractivity contribution in [3.63, 3.8) is 0 Å². The van der Waals surface area contributed by atoms with Gasteiger partial charge in [0.1, 0.15) is 0 Å². The van der Waals surface area contributed by atoms with Gasteiger partial charge in [-0.15, -0.1) is 0 Å². The monoisotopic (exact) mass is 362 g/mol. The summed E-state index contributed by atoms with van der Waals surface area (Å²) in [4.78, 5) is 29.9. The molecule has 1 N–H and O–H groups in total. The highest BCUT2D eigenvalue weighted by atomic mass is 16.2. The largest absolute Gasteiger partial charge is 0.334 e. The molecule has 1 heterocycles. The maximum Gasteiger partial charge on any atom is 0.254 e. The lowest BCUT2D eigenvalue weighted by Crippen LogP contribution is -2.32.